The maximum Gasteiger partial charge on any atom is 0.101 e. The second kappa shape index (κ2) is 11.9. The third-order valence-electron chi connectivity index (χ3n) is 11.0. The van der Waals surface area contributed by atoms with Crippen LogP contribution in [0.25, 0.3) is 49.0 Å². The SMILES string of the molecule is C=C1C(c2ccccc2)=CC(c2ccccc2)=NC1c1ccc(C[C@H]2c3c(ccc4ccccc34)-c3c2c2ccccc2c2ccccc32)cc1. The van der Waals surface area contributed by atoms with Crippen LogP contribution in [0.1, 0.15) is 45.3 Å². The summed E-state index contributed by atoms with van der Waals surface area (Å²) in [5, 5.41) is 7.99. The first-order valence-corrected chi connectivity index (χ1v) is 17.9. The Morgan fingerprint density at radius 2 is 1.08 bits per heavy atom. The van der Waals surface area contributed by atoms with Crippen LogP contribution in [0.15, 0.2) is 193 Å². The average Bonchev–Trinajstić information content (AvgIpc) is 3.54. The fraction of sp³-hybridized carbons (Fsp3) is 0.0600. The molecule has 0 amide bonds. The molecular weight excluding hydrogens is 615 g/mol. The van der Waals surface area contributed by atoms with Crippen molar-refractivity contribution in [2.45, 2.75) is 18.4 Å². The van der Waals surface area contributed by atoms with Gasteiger partial charge in [-0.2, -0.15) is 0 Å². The molecule has 1 heterocycles. The summed E-state index contributed by atoms with van der Waals surface area (Å²) >= 11 is 0. The van der Waals surface area contributed by atoms with Crippen LogP contribution in [0.5, 0.6) is 0 Å². The predicted molar refractivity (Wildman–Crippen MR) is 216 cm³/mol. The first kappa shape index (κ1) is 29.6. The van der Waals surface area contributed by atoms with Gasteiger partial charge in [0.05, 0.1) is 5.71 Å². The van der Waals surface area contributed by atoms with E-state index in [9.17, 15) is 0 Å². The van der Waals surface area contributed by atoms with Gasteiger partial charge in [0.1, 0.15) is 6.04 Å². The second-order valence-electron chi connectivity index (χ2n) is 13.9. The highest BCUT2D eigenvalue weighted by Crippen LogP contribution is 2.54. The topological polar surface area (TPSA) is 12.4 Å². The molecule has 240 valence electrons. The molecule has 51 heavy (non-hydrogen) atoms. The molecule has 0 saturated carbocycles. The van der Waals surface area contributed by atoms with Crippen molar-refractivity contribution in [1.29, 1.82) is 0 Å². The molecule has 8 aromatic carbocycles. The molecule has 0 spiro atoms. The normalized spacial score (nSPS) is 16.6. The van der Waals surface area contributed by atoms with E-state index in [1.165, 1.54) is 60.1 Å². The van der Waals surface area contributed by atoms with Gasteiger partial charge in [-0.15, -0.1) is 0 Å². The summed E-state index contributed by atoms with van der Waals surface area (Å²) in [5.41, 5.74) is 13.6. The van der Waals surface area contributed by atoms with Crippen LogP contribution in [-0.2, 0) is 6.42 Å². The van der Waals surface area contributed by atoms with Crippen molar-refractivity contribution in [2.24, 2.45) is 4.99 Å². The summed E-state index contributed by atoms with van der Waals surface area (Å²) in [6.45, 7) is 4.62. The zero-order chi connectivity index (χ0) is 33.9. The molecule has 2 atom stereocenters. The maximum atomic E-state index is 5.31. The number of nitrogens with zero attached hydrogens (tertiary/aromatic N) is 1. The van der Waals surface area contributed by atoms with E-state index in [4.69, 9.17) is 4.99 Å². The molecule has 0 radical (unpaired) electrons. The number of aliphatic imine (C=N–C) groups is 1. The molecule has 0 aromatic heterocycles. The Kier molecular flexibility index (Phi) is 6.92. The highest BCUT2D eigenvalue weighted by Gasteiger charge is 2.34. The van der Waals surface area contributed by atoms with E-state index in [1.54, 1.807) is 0 Å². The first-order valence-electron chi connectivity index (χ1n) is 17.9. The number of hydrogen-bond donors (Lipinski definition) is 0. The summed E-state index contributed by atoms with van der Waals surface area (Å²) in [4.78, 5) is 5.31. The van der Waals surface area contributed by atoms with Crippen molar-refractivity contribution in [3.05, 3.63) is 221 Å². The van der Waals surface area contributed by atoms with Crippen LogP contribution < -0.4 is 0 Å². The zero-order valence-electron chi connectivity index (χ0n) is 28.3. The number of dihydropyridines is 1. The van der Waals surface area contributed by atoms with E-state index < -0.39 is 0 Å². The fourth-order valence-electron chi connectivity index (χ4n) is 8.69. The molecule has 0 saturated heterocycles. The van der Waals surface area contributed by atoms with Gasteiger partial charge in [-0.1, -0.05) is 176 Å². The lowest BCUT2D eigenvalue weighted by Gasteiger charge is -2.25. The molecule has 1 nitrogen and oxygen atoms in total. The van der Waals surface area contributed by atoms with E-state index in [2.05, 4.69) is 183 Å². The Morgan fingerprint density at radius 1 is 0.490 bits per heavy atom. The predicted octanol–water partition coefficient (Wildman–Crippen LogP) is 12.7. The summed E-state index contributed by atoms with van der Waals surface area (Å²) in [6, 6.07) is 61.7. The number of hydrogen-bond acceptors (Lipinski definition) is 1. The second-order valence-corrected chi connectivity index (χ2v) is 13.9. The third-order valence-corrected chi connectivity index (χ3v) is 11.0. The smallest absolute Gasteiger partial charge is 0.101 e. The Balaban J connectivity index is 1.09. The minimum absolute atomic E-state index is 0.165. The molecule has 0 N–H and O–H groups in total. The van der Waals surface area contributed by atoms with Gasteiger partial charge in [0.2, 0.25) is 0 Å². The Bertz CT molecular complexity index is 2710. The molecule has 1 aliphatic heterocycles. The highest BCUT2D eigenvalue weighted by atomic mass is 14.8. The third kappa shape index (κ3) is 4.81. The standard InChI is InChI=1S/C50H35N/c1-32-44(34-14-4-2-5-15-34)31-46(36-17-6-3-7-18-36)51-50(32)37-26-24-33(25-27-37)30-45-47-38-19-9-8-16-35(38)28-29-43(47)48-41-22-12-10-20-39(41)40-21-11-13-23-42(40)49(45)48/h2-29,31,45,50H,1,30H2/t45-,50?/m0/s1. The zero-order valence-corrected chi connectivity index (χ0v) is 28.3. The summed E-state index contributed by atoms with van der Waals surface area (Å²) in [6.07, 6.45) is 3.11. The monoisotopic (exact) mass is 649 g/mol. The molecule has 2 aliphatic rings. The molecule has 1 aliphatic carbocycles. The largest absolute Gasteiger partial charge is 0.272 e. The average molecular weight is 650 g/mol. The summed E-state index contributed by atoms with van der Waals surface area (Å²) in [5.74, 6) is 0.224. The van der Waals surface area contributed by atoms with E-state index in [0.717, 1.165) is 40.0 Å². The van der Waals surface area contributed by atoms with Gasteiger partial charge >= 0.3 is 0 Å². The minimum atomic E-state index is -0.165. The van der Waals surface area contributed by atoms with Gasteiger partial charge in [0.25, 0.3) is 0 Å². The van der Waals surface area contributed by atoms with Gasteiger partial charge in [-0.05, 0) is 100 Å². The van der Waals surface area contributed by atoms with Crippen LogP contribution in [0.4, 0.5) is 0 Å². The summed E-state index contributed by atoms with van der Waals surface area (Å²) < 4.78 is 0. The highest BCUT2D eigenvalue weighted by molar-refractivity contribution is 6.19. The fourth-order valence-corrected chi connectivity index (χ4v) is 8.69. The summed E-state index contributed by atoms with van der Waals surface area (Å²) in [7, 11) is 0. The van der Waals surface area contributed by atoms with Crippen molar-refractivity contribution in [1.82, 2.24) is 0 Å². The van der Waals surface area contributed by atoms with Crippen molar-refractivity contribution < 1.29 is 0 Å². The quantitative estimate of drug-likeness (QED) is 0.165. The van der Waals surface area contributed by atoms with E-state index in [0.29, 0.717) is 0 Å². The molecule has 10 rings (SSSR count). The van der Waals surface area contributed by atoms with Gasteiger partial charge in [-0.3, -0.25) is 4.99 Å². The number of rotatable bonds is 5. The minimum Gasteiger partial charge on any atom is -0.272 e. The Labute approximate surface area is 298 Å². The van der Waals surface area contributed by atoms with Crippen molar-refractivity contribution in [3.8, 4) is 11.1 Å². The van der Waals surface area contributed by atoms with Gasteiger partial charge < -0.3 is 0 Å². The van der Waals surface area contributed by atoms with E-state index in [-0.39, 0.29) is 12.0 Å². The van der Waals surface area contributed by atoms with E-state index >= 15 is 0 Å². The Morgan fingerprint density at radius 3 is 1.80 bits per heavy atom. The van der Waals surface area contributed by atoms with E-state index in [1.807, 2.05) is 0 Å². The molecule has 0 bridgehead atoms. The number of benzene rings is 8. The van der Waals surface area contributed by atoms with Crippen LogP contribution in [0.3, 0.4) is 0 Å². The molecule has 0 fully saturated rings. The number of allylic oxidation sites excluding steroid dienone is 1. The lowest BCUT2D eigenvalue weighted by molar-refractivity contribution is 0.834. The lowest BCUT2D eigenvalue weighted by Crippen LogP contribution is -2.13. The molecular formula is C50H35N. The Hall–Kier alpha value is -6.31. The molecule has 8 aromatic rings. The van der Waals surface area contributed by atoms with Gasteiger partial charge in [-0.25, -0.2) is 0 Å². The van der Waals surface area contributed by atoms with Crippen molar-refractivity contribution in [2.75, 3.05) is 0 Å². The van der Waals surface area contributed by atoms with Crippen molar-refractivity contribution in [3.63, 3.8) is 0 Å². The van der Waals surface area contributed by atoms with Crippen LogP contribution >= 0.6 is 0 Å². The maximum absolute atomic E-state index is 5.31. The van der Waals surface area contributed by atoms with Crippen LogP contribution in [-0.4, -0.2) is 5.71 Å². The van der Waals surface area contributed by atoms with Gasteiger partial charge in [0, 0.05) is 5.92 Å². The molecule has 1 heteroatoms. The van der Waals surface area contributed by atoms with Crippen LogP contribution in [0, 0.1) is 0 Å². The first-order chi connectivity index (χ1) is 25.2. The van der Waals surface area contributed by atoms with Crippen LogP contribution in [0.2, 0.25) is 0 Å². The number of fused-ring (bicyclic) bond motifs is 10. The molecule has 1 unspecified atom stereocenters. The lowest BCUT2D eigenvalue weighted by atomic mass is 9.83. The van der Waals surface area contributed by atoms with Crippen molar-refractivity contribution >= 4 is 43.6 Å². The van der Waals surface area contributed by atoms with Gasteiger partial charge in [0.15, 0.2) is 0 Å².